The molecule has 0 aliphatic heterocycles. The van der Waals surface area contributed by atoms with Gasteiger partial charge in [0, 0.05) is 6.04 Å². The molecule has 0 aromatic rings. The molecule has 0 aromatic carbocycles. The Kier molecular flexibility index (Phi) is 5.98. The van der Waals surface area contributed by atoms with Crippen molar-refractivity contribution < 1.29 is 13.2 Å². The normalized spacial score (nSPS) is 36.4. The summed E-state index contributed by atoms with van der Waals surface area (Å²) in [6, 6.07) is 0.437. The Labute approximate surface area is 127 Å². The molecule has 0 radical (unpaired) electrons. The Hall–Kier alpha value is -0.250. The SMILES string of the molecule is CCNC(C1CCC(C(F)(F)F)CC1)C1CCCC(C)C1. The van der Waals surface area contributed by atoms with E-state index in [2.05, 4.69) is 19.2 Å². The van der Waals surface area contributed by atoms with E-state index in [1.54, 1.807) is 0 Å². The summed E-state index contributed by atoms with van der Waals surface area (Å²) in [6.07, 6.45) is 3.26. The van der Waals surface area contributed by atoms with Gasteiger partial charge in [0.25, 0.3) is 0 Å². The molecule has 0 heterocycles. The Balaban J connectivity index is 1.93. The van der Waals surface area contributed by atoms with Gasteiger partial charge in [-0.25, -0.2) is 0 Å². The molecule has 2 aliphatic carbocycles. The highest BCUT2D eigenvalue weighted by Gasteiger charge is 2.43. The average Bonchev–Trinajstić information content (AvgIpc) is 2.44. The van der Waals surface area contributed by atoms with Gasteiger partial charge in [-0.2, -0.15) is 13.2 Å². The van der Waals surface area contributed by atoms with Crippen molar-refractivity contribution in [2.45, 2.75) is 77.4 Å². The molecular weight excluding hydrogens is 275 g/mol. The lowest BCUT2D eigenvalue weighted by Crippen LogP contribution is -2.45. The number of nitrogens with one attached hydrogen (secondary N) is 1. The van der Waals surface area contributed by atoms with Crippen LogP contribution in [0.4, 0.5) is 13.2 Å². The lowest BCUT2D eigenvalue weighted by Gasteiger charge is -2.41. The van der Waals surface area contributed by atoms with Crippen molar-refractivity contribution in [1.29, 1.82) is 0 Å². The fourth-order valence-corrected chi connectivity index (χ4v) is 4.57. The molecule has 1 N–H and O–H groups in total. The van der Waals surface area contributed by atoms with Crippen LogP contribution in [-0.4, -0.2) is 18.8 Å². The minimum atomic E-state index is -3.99. The summed E-state index contributed by atoms with van der Waals surface area (Å²) in [7, 11) is 0. The molecule has 0 amide bonds. The van der Waals surface area contributed by atoms with Gasteiger partial charge in [-0.15, -0.1) is 0 Å². The summed E-state index contributed by atoms with van der Waals surface area (Å²) in [4.78, 5) is 0. The molecule has 0 saturated heterocycles. The molecule has 0 aromatic heterocycles. The summed E-state index contributed by atoms with van der Waals surface area (Å²) in [5.74, 6) is 0.831. The third-order valence-corrected chi connectivity index (χ3v) is 5.67. The van der Waals surface area contributed by atoms with Gasteiger partial charge in [0.2, 0.25) is 0 Å². The van der Waals surface area contributed by atoms with Crippen molar-refractivity contribution in [2.24, 2.45) is 23.7 Å². The summed E-state index contributed by atoms with van der Waals surface area (Å²) in [6.45, 7) is 5.35. The second kappa shape index (κ2) is 7.34. The standard InChI is InChI=1S/C17H30F3N/c1-3-21-16(14-6-4-5-12(2)11-14)13-7-9-15(10-8-13)17(18,19)20/h12-16,21H,3-11H2,1-2H3. The molecule has 0 bridgehead atoms. The zero-order chi connectivity index (χ0) is 15.5. The Morgan fingerprint density at radius 2 is 1.67 bits per heavy atom. The second-order valence-corrected chi connectivity index (χ2v) is 7.27. The molecular formula is C17H30F3N. The van der Waals surface area contributed by atoms with Crippen LogP contribution in [0.2, 0.25) is 0 Å². The molecule has 124 valence electrons. The number of alkyl halides is 3. The van der Waals surface area contributed by atoms with Crippen LogP contribution in [0.5, 0.6) is 0 Å². The van der Waals surface area contributed by atoms with Crippen molar-refractivity contribution in [3.63, 3.8) is 0 Å². The predicted molar refractivity (Wildman–Crippen MR) is 80.1 cm³/mol. The summed E-state index contributed by atoms with van der Waals surface area (Å²) in [5, 5.41) is 3.61. The zero-order valence-electron chi connectivity index (χ0n) is 13.4. The van der Waals surface area contributed by atoms with Crippen molar-refractivity contribution in [3.8, 4) is 0 Å². The van der Waals surface area contributed by atoms with Gasteiger partial charge in [0.05, 0.1) is 5.92 Å². The molecule has 21 heavy (non-hydrogen) atoms. The van der Waals surface area contributed by atoms with Gasteiger partial charge in [0.1, 0.15) is 0 Å². The molecule has 2 aliphatic rings. The van der Waals surface area contributed by atoms with Gasteiger partial charge in [-0.3, -0.25) is 0 Å². The van der Waals surface area contributed by atoms with Gasteiger partial charge in [-0.1, -0.05) is 26.7 Å². The first-order chi connectivity index (χ1) is 9.91. The average molecular weight is 305 g/mol. The van der Waals surface area contributed by atoms with Crippen LogP contribution >= 0.6 is 0 Å². The molecule has 3 atom stereocenters. The highest BCUT2D eigenvalue weighted by molar-refractivity contribution is 4.89. The number of hydrogen-bond donors (Lipinski definition) is 1. The Morgan fingerprint density at radius 1 is 1.00 bits per heavy atom. The van der Waals surface area contributed by atoms with E-state index >= 15 is 0 Å². The fourth-order valence-electron chi connectivity index (χ4n) is 4.57. The van der Waals surface area contributed by atoms with E-state index in [0.717, 1.165) is 25.3 Å². The molecule has 1 nitrogen and oxygen atoms in total. The monoisotopic (exact) mass is 305 g/mol. The second-order valence-electron chi connectivity index (χ2n) is 7.27. The maximum Gasteiger partial charge on any atom is 0.391 e. The highest BCUT2D eigenvalue weighted by atomic mass is 19.4. The number of rotatable bonds is 4. The lowest BCUT2D eigenvalue weighted by atomic mass is 9.70. The van der Waals surface area contributed by atoms with Crippen molar-refractivity contribution in [2.75, 3.05) is 6.54 Å². The molecule has 0 spiro atoms. The fraction of sp³-hybridized carbons (Fsp3) is 1.00. The quantitative estimate of drug-likeness (QED) is 0.756. The van der Waals surface area contributed by atoms with E-state index in [1.165, 1.54) is 25.7 Å². The van der Waals surface area contributed by atoms with Gasteiger partial charge >= 0.3 is 6.18 Å². The summed E-state index contributed by atoms with van der Waals surface area (Å²) in [5.41, 5.74) is 0. The number of halogens is 3. The Morgan fingerprint density at radius 3 is 2.19 bits per heavy atom. The van der Waals surface area contributed by atoms with Crippen LogP contribution in [0.15, 0.2) is 0 Å². The van der Waals surface area contributed by atoms with Gasteiger partial charge in [0.15, 0.2) is 0 Å². The van der Waals surface area contributed by atoms with Crippen LogP contribution < -0.4 is 5.32 Å². The first-order valence-electron chi connectivity index (χ1n) is 8.71. The van der Waals surface area contributed by atoms with E-state index < -0.39 is 12.1 Å². The minimum Gasteiger partial charge on any atom is -0.314 e. The van der Waals surface area contributed by atoms with Crippen molar-refractivity contribution >= 4 is 0 Å². The highest BCUT2D eigenvalue weighted by Crippen LogP contribution is 2.43. The predicted octanol–water partition coefficient (Wildman–Crippen LogP) is 5.16. The molecule has 2 rings (SSSR count). The van der Waals surface area contributed by atoms with Crippen LogP contribution in [-0.2, 0) is 0 Å². The molecule has 2 saturated carbocycles. The zero-order valence-corrected chi connectivity index (χ0v) is 13.4. The van der Waals surface area contributed by atoms with E-state index in [0.29, 0.717) is 30.7 Å². The number of hydrogen-bond acceptors (Lipinski definition) is 1. The maximum absolute atomic E-state index is 12.8. The van der Waals surface area contributed by atoms with E-state index in [1.807, 2.05) is 0 Å². The molecule has 3 unspecified atom stereocenters. The molecule has 4 heteroatoms. The maximum atomic E-state index is 12.8. The smallest absolute Gasteiger partial charge is 0.314 e. The van der Waals surface area contributed by atoms with Crippen molar-refractivity contribution in [1.82, 2.24) is 5.32 Å². The molecule has 2 fully saturated rings. The van der Waals surface area contributed by atoms with Gasteiger partial charge < -0.3 is 5.32 Å². The van der Waals surface area contributed by atoms with Crippen molar-refractivity contribution in [3.05, 3.63) is 0 Å². The van der Waals surface area contributed by atoms with Crippen LogP contribution in [0.25, 0.3) is 0 Å². The summed E-state index contributed by atoms with van der Waals surface area (Å²) >= 11 is 0. The van der Waals surface area contributed by atoms with E-state index in [9.17, 15) is 13.2 Å². The third-order valence-electron chi connectivity index (χ3n) is 5.67. The summed E-state index contributed by atoms with van der Waals surface area (Å²) < 4.78 is 38.4. The van der Waals surface area contributed by atoms with Crippen LogP contribution in [0.3, 0.4) is 0 Å². The third kappa shape index (κ3) is 4.61. The first-order valence-corrected chi connectivity index (χ1v) is 8.71. The lowest BCUT2D eigenvalue weighted by molar-refractivity contribution is -0.184. The largest absolute Gasteiger partial charge is 0.391 e. The first kappa shape index (κ1) is 17.1. The van der Waals surface area contributed by atoms with E-state index in [4.69, 9.17) is 0 Å². The van der Waals surface area contributed by atoms with E-state index in [-0.39, 0.29) is 0 Å². The van der Waals surface area contributed by atoms with Crippen LogP contribution in [0, 0.1) is 23.7 Å². The Bertz CT molecular complexity index is 308. The minimum absolute atomic E-state index is 0.332. The topological polar surface area (TPSA) is 12.0 Å². The van der Waals surface area contributed by atoms with Gasteiger partial charge in [-0.05, 0) is 62.8 Å². The van der Waals surface area contributed by atoms with Crippen LogP contribution in [0.1, 0.15) is 65.2 Å².